The van der Waals surface area contributed by atoms with Crippen molar-refractivity contribution in [3.8, 4) is 0 Å². The van der Waals surface area contributed by atoms with Gasteiger partial charge in [-0.1, -0.05) is 0 Å². The summed E-state index contributed by atoms with van der Waals surface area (Å²) in [7, 11) is 0. The lowest BCUT2D eigenvalue weighted by Gasteiger charge is -2.20. The van der Waals surface area contributed by atoms with Gasteiger partial charge in [-0.15, -0.1) is 0 Å². The number of carbonyl (C=O) groups is 2. The summed E-state index contributed by atoms with van der Waals surface area (Å²) >= 11 is 0. The van der Waals surface area contributed by atoms with Gasteiger partial charge in [-0.2, -0.15) is 0 Å². The quantitative estimate of drug-likeness (QED) is 0.572. The van der Waals surface area contributed by atoms with Gasteiger partial charge in [-0.05, 0) is 16.8 Å². The Morgan fingerprint density at radius 2 is 2.20 bits per heavy atom. The number of rotatable bonds is 7. The van der Waals surface area contributed by atoms with Gasteiger partial charge in [0.15, 0.2) is 0 Å². The lowest BCUT2D eigenvalue weighted by molar-refractivity contribution is -0.389. The highest BCUT2D eigenvalue weighted by Gasteiger charge is 2.19. The first-order chi connectivity index (χ1) is 9.35. The monoisotopic (exact) mass is 284 g/mol. The van der Waals surface area contributed by atoms with Crippen molar-refractivity contribution in [2.24, 2.45) is 0 Å². The third-order valence-corrected chi connectivity index (χ3v) is 2.79. The van der Waals surface area contributed by atoms with Crippen LogP contribution in [0.2, 0.25) is 0 Å². The number of hydrogen-bond acceptors (Lipinski definition) is 5. The van der Waals surface area contributed by atoms with Gasteiger partial charge < -0.3 is 20.1 Å². The summed E-state index contributed by atoms with van der Waals surface area (Å²) in [5.41, 5.74) is 0. The SMILES string of the molecule is CCN(CCC(=O)O)C(=O)Cn1cc([N+](=O)[O-])nc1C. The van der Waals surface area contributed by atoms with Crippen LogP contribution in [0.3, 0.4) is 0 Å². The van der Waals surface area contributed by atoms with Crippen molar-refractivity contribution < 1.29 is 19.6 Å². The second-order valence-electron chi connectivity index (χ2n) is 4.15. The minimum atomic E-state index is -0.981. The second-order valence-corrected chi connectivity index (χ2v) is 4.15. The first-order valence-electron chi connectivity index (χ1n) is 6.02. The number of hydrogen-bond donors (Lipinski definition) is 1. The van der Waals surface area contributed by atoms with Crippen LogP contribution in [-0.4, -0.2) is 49.4 Å². The van der Waals surface area contributed by atoms with Gasteiger partial charge in [0.05, 0.1) is 6.42 Å². The molecule has 0 saturated carbocycles. The number of aromatic nitrogens is 2. The van der Waals surface area contributed by atoms with E-state index >= 15 is 0 Å². The van der Waals surface area contributed by atoms with E-state index in [4.69, 9.17) is 5.11 Å². The molecule has 1 N–H and O–H groups in total. The van der Waals surface area contributed by atoms with Crippen LogP contribution in [0, 0.1) is 17.0 Å². The number of carboxylic acids is 1. The van der Waals surface area contributed by atoms with Crippen molar-refractivity contribution in [3.63, 3.8) is 0 Å². The standard InChI is InChI=1S/C11H16N4O5/c1-3-13(5-4-11(17)18)10(16)7-14-6-9(15(19)20)12-8(14)2/h6H,3-5,7H2,1-2H3,(H,17,18). The van der Waals surface area contributed by atoms with Crippen LogP contribution in [0.15, 0.2) is 6.20 Å². The van der Waals surface area contributed by atoms with E-state index in [9.17, 15) is 19.7 Å². The summed E-state index contributed by atoms with van der Waals surface area (Å²) in [5, 5.41) is 19.2. The molecule has 9 nitrogen and oxygen atoms in total. The molecule has 0 unspecified atom stereocenters. The van der Waals surface area contributed by atoms with E-state index < -0.39 is 10.9 Å². The van der Waals surface area contributed by atoms with Crippen molar-refractivity contribution in [1.82, 2.24) is 14.5 Å². The van der Waals surface area contributed by atoms with Crippen molar-refractivity contribution in [3.05, 3.63) is 22.1 Å². The lowest BCUT2D eigenvalue weighted by atomic mass is 10.3. The molecular weight excluding hydrogens is 268 g/mol. The molecule has 0 aliphatic carbocycles. The molecule has 0 bridgehead atoms. The number of carbonyl (C=O) groups excluding carboxylic acids is 1. The minimum Gasteiger partial charge on any atom is -0.481 e. The van der Waals surface area contributed by atoms with Crippen LogP contribution in [0.4, 0.5) is 5.82 Å². The molecule has 0 aromatic carbocycles. The van der Waals surface area contributed by atoms with Crippen LogP contribution >= 0.6 is 0 Å². The maximum Gasteiger partial charge on any atom is 0.381 e. The average molecular weight is 284 g/mol. The second kappa shape index (κ2) is 6.64. The molecule has 1 heterocycles. The Labute approximate surface area is 115 Å². The summed E-state index contributed by atoms with van der Waals surface area (Å²) in [6, 6.07) is 0. The van der Waals surface area contributed by atoms with Crippen molar-refractivity contribution in [2.45, 2.75) is 26.8 Å². The van der Waals surface area contributed by atoms with Gasteiger partial charge in [0.25, 0.3) is 0 Å². The van der Waals surface area contributed by atoms with E-state index in [1.807, 2.05) is 0 Å². The third-order valence-electron chi connectivity index (χ3n) is 2.79. The largest absolute Gasteiger partial charge is 0.481 e. The highest BCUT2D eigenvalue weighted by atomic mass is 16.6. The summed E-state index contributed by atoms with van der Waals surface area (Å²) < 4.78 is 1.38. The number of likely N-dealkylation sites (N-methyl/N-ethyl adjacent to an activating group) is 1. The number of amides is 1. The molecule has 0 saturated heterocycles. The van der Waals surface area contributed by atoms with E-state index in [0.29, 0.717) is 12.4 Å². The molecule has 1 amide bonds. The Balaban J connectivity index is 2.73. The predicted octanol–water partition coefficient (Wildman–Crippen LogP) is 0.423. The molecule has 1 rings (SSSR count). The molecular formula is C11H16N4O5. The van der Waals surface area contributed by atoms with Gasteiger partial charge in [0.2, 0.25) is 11.7 Å². The zero-order valence-electron chi connectivity index (χ0n) is 11.3. The Bertz CT molecular complexity index is 525. The van der Waals surface area contributed by atoms with E-state index in [-0.39, 0.29) is 31.2 Å². The summed E-state index contributed by atoms with van der Waals surface area (Å²) in [5.74, 6) is -1.24. The topological polar surface area (TPSA) is 119 Å². The minimum absolute atomic E-state index is 0.0971. The summed E-state index contributed by atoms with van der Waals surface area (Å²) in [4.78, 5) is 37.6. The van der Waals surface area contributed by atoms with Crippen LogP contribution in [0.5, 0.6) is 0 Å². The van der Waals surface area contributed by atoms with Crippen molar-refractivity contribution >= 4 is 17.7 Å². The van der Waals surface area contributed by atoms with E-state index in [1.165, 1.54) is 15.7 Å². The number of aryl methyl sites for hydroxylation is 1. The Kier molecular flexibility index (Phi) is 5.18. The van der Waals surface area contributed by atoms with Crippen LogP contribution < -0.4 is 0 Å². The lowest BCUT2D eigenvalue weighted by Crippen LogP contribution is -2.35. The molecule has 0 spiro atoms. The highest BCUT2D eigenvalue weighted by molar-refractivity contribution is 5.77. The van der Waals surface area contributed by atoms with E-state index in [0.717, 1.165) is 0 Å². The number of aliphatic carboxylic acids is 1. The number of carboxylic acid groups (broad SMARTS) is 1. The molecule has 0 atom stereocenters. The maximum atomic E-state index is 12.0. The molecule has 0 radical (unpaired) electrons. The fraction of sp³-hybridized carbons (Fsp3) is 0.545. The van der Waals surface area contributed by atoms with Gasteiger partial charge in [0.1, 0.15) is 12.7 Å². The maximum absolute atomic E-state index is 12.0. The summed E-state index contributed by atoms with van der Waals surface area (Å²) in [6.45, 7) is 3.69. The van der Waals surface area contributed by atoms with Gasteiger partial charge in [0, 0.05) is 20.0 Å². The predicted molar refractivity (Wildman–Crippen MR) is 68.1 cm³/mol. The molecule has 20 heavy (non-hydrogen) atoms. The van der Waals surface area contributed by atoms with Crippen molar-refractivity contribution in [1.29, 1.82) is 0 Å². The molecule has 1 aromatic heterocycles. The highest BCUT2D eigenvalue weighted by Crippen LogP contribution is 2.10. The molecule has 0 aliphatic heterocycles. The number of imidazole rings is 1. The number of nitro groups is 1. The third kappa shape index (κ3) is 4.04. The smallest absolute Gasteiger partial charge is 0.381 e. The van der Waals surface area contributed by atoms with Crippen LogP contribution in [0.25, 0.3) is 0 Å². The Morgan fingerprint density at radius 3 is 2.65 bits per heavy atom. The first-order valence-corrected chi connectivity index (χ1v) is 6.02. The Morgan fingerprint density at radius 1 is 1.55 bits per heavy atom. The molecule has 0 fully saturated rings. The zero-order valence-corrected chi connectivity index (χ0v) is 11.3. The fourth-order valence-electron chi connectivity index (χ4n) is 1.68. The average Bonchev–Trinajstić information content (AvgIpc) is 2.71. The van der Waals surface area contributed by atoms with Crippen LogP contribution in [0.1, 0.15) is 19.2 Å². The molecule has 0 aliphatic rings. The molecule has 9 heteroatoms. The van der Waals surface area contributed by atoms with Crippen LogP contribution in [-0.2, 0) is 16.1 Å². The van der Waals surface area contributed by atoms with Crippen molar-refractivity contribution in [2.75, 3.05) is 13.1 Å². The fourth-order valence-corrected chi connectivity index (χ4v) is 1.68. The van der Waals surface area contributed by atoms with Gasteiger partial charge in [-0.25, -0.2) is 0 Å². The number of nitrogens with zero attached hydrogens (tertiary/aromatic N) is 4. The molecule has 1 aromatic rings. The molecule has 110 valence electrons. The summed E-state index contributed by atoms with van der Waals surface area (Å²) in [6.07, 6.45) is 1.06. The Hall–Kier alpha value is -2.45. The van der Waals surface area contributed by atoms with E-state index in [2.05, 4.69) is 4.98 Å². The van der Waals surface area contributed by atoms with Gasteiger partial charge in [-0.3, -0.25) is 14.2 Å². The normalized spacial score (nSPS) is 10.3. The van der Waals surface area contributed by atoms with Gasteiger partial charge >= 0.3 is 11.8 Å². The van der Waals surface area contributed by atoms with E-state index in [1.54, 1.807) is 13.8 Å². The first kappa shape index (κ1) is 15.6. The zero-order chi connectivity index (χ0) is 15.3.